The topological polar surface area (TPSA) is 126 Å². The van der Waals surface area contributed by atoms with Gasteiger partial charge in [-0.3, -0.25) is 14.5 Å². The SMILES string of the molecule is CCCCCCCCCCCCCCCCCCN1C(=O)c2cc(-c3ccc(C#N)cc3)c3c4c(c(-c5ccc(C#N)cc5)cc(c24)C1=O)S(=O)c1ccc(-c2ccc(C#N)cc2)cc1-3. The number of carbonyl (C=O) groups excluding carboxylic acids is 2. The molecular formula is C57H54N4O3S. The molecule has 0 radical (unpaired) electrons. The Morgan fingerprint density at radius 3 is 1.34 bits per heavy atom. The van der Waals surface area contributed by atoms with E-state index in [-0.39, 0.29) is 11.8 Å². The second kappa shape index (κ2) is 20.9. The molecule has 0 saturated carbocycles. The van der Waals surface area contributed by atoms with E-state index < -0.39 is 10.8 Å². The monoisotopic (exact) mass is 874 g/mol. The molecule has 2 amide bonds. The van der Waals surface area contributed by atoms with E-state index >= 15 is 4.21 Å². The van der Waals surface area contributed by atoms with Crippen molar-refractivity contribution in [3.8, 4) is 62.7 Å². The molecule has 2 heterocycles. The first-order valence-electron chi connectivity index (χ1n) is 23.5. The maximum absolute atomic E-state index is 15.2. The van der Waals surface area contributed by atoms with Gasteiger partial charge in [-0.15, -0.1) is 0 Å². The number of benzene rings is 6. The van der Waals surface area contributed by atoms with Crippen LogP contribution in [-0.4, -0.2) is 27.5 Å². The summed E-state index contributed by atoms with van der Waals surface area (Å²) >= 11 is 0. The number of hydrogen-bond acceptors (Lipinski definition) is 6. The Balaban J connectivity index is 1.12. The third-order valence-corrected chi connectivity index (χ3v) is 14.7. The van der Waals surface area contributed by atoms with Crippen LogP contribution in [0.1, 0.15) is 147 Å². The molecule has 326 valence electrons. The van der Waals surface area contributed by atoms with Crippen molar-refractivity contribution in [1.29, 1.82) is 15.8 Å². The smallest absolute Gasteiger partial charge is 0.261 e. The molecular weight excluding hydrogens is 821 g/mol. The van der Waals surface area contributed by atoms with Gasteiger partial charge in [-0.1, -0.05) is 146 Å². The van der Waals surface area contributed by atoms with E-state index in [4.69, 9.17) is 0 Å². The van der Waals surface area contributed by atoms with Crippen LogP contribution < -0.4 is 0 Å². The molecule has 65 heavy (non-hydrogen) atoms. The van der Waals surface area contributed by atoms with Gasteiger partial charge in [-0.05, 0) is 106 Å². The van der Waals surface area contributed by atoms with Crippen molar-refractivity contribution in [2.45, 2.75) is 119 Å². The average molecular weight is 875 g/mol. The molecule has 1 unspecified atom stereocenters. The number of carbonyl (C=O) groups is 2. The molecule has 0 saturated heterocycles. The van der Waals surface area contributed by atoms with E-state index in [9.17, 15) is 25.4 Å². The van der Waals surface area contributed by atoms with E-state index in [0.717, 1.165) is 47.1 Å². The van der Waals surface area contributed by atoms with E-state index in [0.29, 0.717) is 78.0 Å². The number of nitrogens with zero attached hydrogens (tertiary/aromatic N) is 4. The number of amides is 2. The first-order valence-corrected chi connectivity index (χ1v) is 24.6. The number of fused-ring (bicyclic) bond motifs is 2. The van der Waals surface area contributed by atoms with Gasteiger partial charge in [0.05, 0.1) is 55.5 Å². The Morgan fingerprint density at radius 2 is 0.862 bits per heavy atom. The van der Waals surface area contributed by atoms with Gasteiger partial charge in [0.2, 0.25) is 0 Å². The van der Waals surface area contributed by atoms with Crippen LogP contribution in [-0.2, 0) is 10.8 Å². The third-order valence-electron chi connectivity index (χ3n) is 13.2. The number of rotatable bonds is 20. The highest BCUT2D eigenvalue weighted by molar-refractivity contribution is 7.85. The molecule has 0 aromatic heterocycles. The zero-order valence-electron chi connectivity index (χ0n) is 37.3. The molecule has 0 bridgehead atoms. The molecule has 7 nitrogen and oxygen atoms in total. The minimum Gasteiger partial charge on any atom is -0.274 e. The molecule has 8 heteroatoms. The van der Waals surface area contributed by atoms with Crippen LogP contribution in [0.4, 0.5) is 0 Å². The predicted molar refractivity (Wildman–Crippen MR) is 259 cm³/mol. The van der Waals surface area contributed by atoms with Gasteiger partial charge in [0.25, 0.3) is 11.8 Å². The molecule has 8 rings (SSSR count). The minimum atomic E-state index is -1.75. The Labute approximate surface area is 385 Å². The quantitative estimate of drug-likeness (QED) is 0.0554. The highest BCUT2D eigenvalue weighted by atomic mass is 32.2. The van der Waals surface area contributed by atoms with Gasteiger partial charge in [0.1, 0.15) is 0 Å². The summed E-state index contributed by atoms with van der Waals surface area (Å²) in [5.41, 5.74) is 8.25. The average Bonchev–Trinajstić information content (AvgIpc) is 3.35. The predicted octanol–water partition coefficient (Wildman–Crippen LogP) is 14.5. The lowest BCUT2D eigenvalue weighted by molar-refractivity contribution is 0.0607. The van der Waals surface area contributed by atoms with Gasteiger partial charge in [0, 0.05) is 34.0 Å². The van der Waals surface area contributed by atoms with Crippen molar-refractivity contribution in [2.24, 2.45) is 0 Å². The molecule has 0 fully saturated rings. The van der Waals surface area contributed by atoms with Crippen molar-refractivity contribution >= 4 is 33.4 Å². The first-order chi connectivity index (χ1) is 31.9. The van der Waals surface area contributed by atoms with Crippen LogP contribution in [0.2, 0.25) is 0 Å². The highest BCUT2D eigenvalue weighted by Crippen LogP contribution is 2.53. The minimum absolute atomic E-state index is 0.293. The molecule has 0 aliphatic carbocycles. The Kier molecular flexibility index (Phi) is 14.4. The second-order valence-corrected chi connectivity index (χ2v) is 18.9. The van der Waals surface area contributed by atoms with Crippen molar-refractivity contribution in [1.82, 2.24) is 4.90 Å². The number of nitriles is 3. The van der Waals surface area contributed by atoms with E-state index in [1.165, 1.54) is 81.9 Å². The zero-order chi connectivity index (χ0) is 45.3. The largest absolute Gasteiger partial charge is 0.274 e. The van der Waals surface area contributed by atoms with Crippen molar-refractivity contribution in [2.75, 3.05) is 6.54 Å². The lowest BCUT2D eigenvalue weighted by Crippen LogP contribution is -2.41. The van der Waals surface area contributed by atoms with Crippen molar-refractivity contribution < 1.29 is 13.8 Å². The number of unbranched alkanes of at least 4 members (excludes halogenated alkanes) is 15. The molecule has 1 atom stereocenters. The highest BCUT2D eigenvalue weighted by Gasteiger charge is 2.39. The molecule has 0 N–H and O–H groups in total. The maximum Gasteiger partial charge on any atom is 0.261 e. The Morgan fingerprint density at radius 1 is 0.446 bits per heavy atom. The van der Waals surface area contributed by atoms with Crippen LogP contribution in [0.25, 0.3) is 55.3 Å². The summed E-state index contributed by atoms with van der Waals surface area (Å²) in [6, 6.07) is 37.7. The fraction of sp³-hybridized carbons (Fsp3) is 0.316. The molecule has 2 aliphatic heterocycles. The summed E-state index contributed by atoms with van der Waals surface area (Å²) in [5.74, 6) is -0.741. The third kappa shape index (κ3) is 9.45. The van der Waals surface area contributed by atoms with Crippen LogP contribution in [0, 0.1) is 34.0 Å². The van der Waals surface area contributed by atoms with Crippen LogP contribution in [0.5, 0.6) is 0 Å². The molecule has 6 aromatic rings. The molecule has 6 aromatic carbocycles. The van der Waals surface area contributed by atoms with Crippen LogP contribution >= 0.6 is 0 Å². The second-order valence-electron chi connectivity index (χ2n) is 17.5. The van der Waals surface area contributed by atoms with Gasteiger partial charge >= 0.3 is 0 Å². The van der Waals surface area contributed by atoms with E-state index in [1.807, 2.05) is 60.7 Å². The van der Waals surface area contributed by atoms with Gasteiger partial charge in [0.15, 0.2) is 0 Å². The lowest BCUT2D eigenvalue weighted by Gasteiger charge is -2.33. The fourth-order valence-corrected chi connectivity index (χ4v) is 11.2. The molecule has 0 spiro atoms. The first kappa shape index (κ1) is 44.9. The summed E-state index contributed by atoms with van der Waals surface area (Å²) < 4.78 is 15.2. The van der Waals surface area contributed by atoms with Crippen LogP contribution in [0.3, 0.4) is 0 Å². The van der Waals surface area contributed by atoms with E-state index in [1.54, 1.807) is 42.5 Å². The number of hydrogen-bond donors (Lipinski definition) is 0. The molecule has 2 aliphatic rings. The number of imide groups is 1. The van der Waals surface area contributed by atoms with Crippen molar-refractivity contribution in [3.63, 3.8) is 0 Å². The van der Waals surface area contributed by atoms with Crippen molar-refractivity contribution in [3.05, 3.63) is 131 Å². The summed E-state index contributed by atoms with van der Waals surface area (Å²) in [6.45, 7) is 2.56. The van der Waals surface area contributed by atoms with Gasteiger partial charge in [-0.2, -0.15) is 15.8 Å². The van der Waals surface area contributed by atoms with Gasteiger partial charge in [-0.25, -0.2) is 4.21 Å². The maximum atomic E-state index is 15.2. The Bertz CT molecular complexity index is 2870. The summed E-state index contributed by atoms with van der Waals surface area (Å²) in [7, 11) is -1.75. The summed E-state index contributed by atoms with van der Waals surface area (Å²) in [4.78, 5) is 32.1. The zero-order valence-corrected chi connectivity index (χ0v) is 38.1. The van der Waals surface area contributed by atoms with Gasteiger partial charge < -0.3 is 0 Å². The van der Waals surface area contributed by atoms with E-state index in [2.05, 4.69) is 25.1 Å². The normalized spacial score (nSPS) is 13.6. The fourth-order valence-electron chi connectivity index (χ4n) is 9.62. The Hall–Kier alpha value is -6.66. The van der Waals surface area contributed by atoms with Crippen LogP contribution in [0.15, 0.2) is 113 Å². The lowest BCUT2D eigenvalue weighted by atomic mass is 9.81. The summed E-state index contributed by atoms with van der Waals surface area (Å²) in [5, 5.41) is 29.9. The standard InChI is InChI=1S/C57H54N4O3S/c1-2-3-4-5-6-7-8-9-10-11-12-13-14-15-16-17-32-61-56(62)49-34-46(43-26-20-40(37-59)21-27-43)52-48-33-45(42-24-18-39(36-58)19-25-42)30-31-51(48)65(64)55-47(44-28-22-41(38-60)23-29-44)35-50(57(61)63)53(49)54(52)55/h18-31,33-35H,2-17,32H2,1H3. The summed E-state index contributed by atoms with van der Waals surface area (Å²) in [6.07, 6.45) is 19.7.